The van der Waals surface area contributed by atoms with Crippen molar-refractivity contribution in [2.24, 2.45) is 0 Å². The summed E-state index contributed by atoms with van der Waals surface area (Å²) in [7, 11) is 0. The average Bonchev–Trinajstić information content (AvgIpc) is 2.48. The molecule has 1 atom stereocenters. The number of ether oxygens (including phenoxy) is 2. The van der Waals surface area contributed by atoms with Crippen LogP contribution < -0.4 is 10.1 Å². The monoisotopic (exact) mass is 295 g/mol. The van der Waals surface area contributed by atoms with E-state index in [2.05, 4.69) is 5.32 Å². The van der Waals surface area contributed by atoms with Crippen molar-refractivity contribution in [3.8, 4) is 5.75 Å². The number of hydrogen-bond acceptors (Lipinski definition) is 5. The summed E-state index contributed by atoms with van der Waals surface area (Å²) in [5.74, 6) is 0.369. The van der Waals surface area contributed by atoms with Gasteiger partial charge < -0.3 is 19.9 Å². The number of carbonyl (C=O) groups is 1. The maximum absolute atomic E-state index is 12.0. The van der Waals surface area contributed by atoms with Gasteiger partial charge in [0.25, 0.3) is 0 Å². The highest BCUT2D eigenvalue weighted by atomic mass is 16.5. The highest BCUT2D eigenvalue weighted by Crippen LogP contribution is 2.19. The highest BCUT2D eigenvalue weighted by Gasteiger charge is 2.33. The van der Waals surface area contributed by atoms with Crippen LogP contribution in [0.3, 0.4) is 0 Å². The van der Waals surface area contributed by atoms with E-state index in [1.165, 1.54) is 0 Å². The number of carbonyl (C=O) groups excluding carboxylic acids is 1. The summed E-state index contributed by atoms with van der Waals surface area (Å²) in [6.07, 6.45) is 0.486. The van der Waals surface area contributed by atoms with Crippen molar-refractivity contribution in [1.29, 1.82) is 0 Å². The molecule has 0 aliphatic rings. The summed E-state index contributed by atoms with van der Waals surface area (Å²) < 4.78 is 10.8. The summed E-state index contributed by atoms with van der Waals surface area (Å²) in [6, 6.07) is 7.31. The Balaban J connectivity index is 2.63. The Labute approximate surface area is 126 Å². The van der Waals surface area contributed by atoms with E-state index >= 15 is 0 Å². The minimum Gasteiger partial charge on any atom is -0.493 e. The molecule has 1 rings (SSSR count). The lowest BCUT2D eigenvalue weighted by Gasteiger charge is -2.28. The van der Waals surface area contributed by atoms with Gasteiger partial charge in [-0.3, -0.25) is 4.79 Å². The SMILES string of the molecule is CCNC(C)(CCOc1ccccc1CO)C(=O)OCC. The van der Waals surface area contributed by atoms with Crippen molar-refractivity contribution in [3.63, 3.8) is 0 Å². The van der Waals surface area contributed by atoms with E-state index in [1.807, 2.05) is 32.0 Å². The van der Waals surface area contributed by atoms with Gasteiger partial charge in [0.2, 0.25) is 0 Å². The maximum atomic E-state index is 12.0. The van der Waals surface area contributed by atoms with Crippen LogP contribution in [0.1, 0.15) is 32.8 Å². The van der Waals surface area contributed by atoms with Crippen molar-refractivity contribution in [3.05, 3.63) is 29.8 Å². The standard InChI is InChI=1S/C16H25NO4/c1-4-17-16(3,15(19)20-5-2)10-11-21-14-9-7-6-8-13(14)12-18/h6-9,17-18H,4-5,10-12H2,1-3H3. The van der Waals surface area contributed by atoms with E-state index in [9.17, 15) is 9.90 Å². The van der Waals surface area contributed by atoms with E-state index in [0.29, 0.717) is 31.9 Å². The van der Waals surface area contributed by atoms with Crippen molar-refractivity contribution < 1.29 is 19.4 Å². The topological polar surface area (TPSA) is 67.8 Å². The summed E-state index contributed by atoms with van der Waals surface area (Å²) in [5, 5.41) is 12.4. The molecular formula is C16H25NO4. The molecule has 0 spiro atoms. The van der Waals surface area contributed by atoms with Crippen LogP contribution in [0.15, 0.2) is 24.3 Å². The summed E-state index contributed by atoms with van der Waals surface area (Å²) in [5.41, 5.74) is -0.0300. The quantitative estimate of drug-likeness (QED) is 0.681. The van der Waals surface area contributed by atoms with Crippen LogP contribution in [-0.4, -0.2) is 36.4 Å². The third-order valence-electron chi connectivity index (χ3n) is 3.30. The van der Waals surface area contributed by atoms with Gasteiger partial charge in [0.1, 0.15) is 11.3 Å². The molecule has 0 heterocycles. The fourth-order valence-corrected chi connectivity index (χ4v) is 2.08. The first-order valence-electron chi connectivity index (χ1n) is 7.31. The van der Waals surface area contributed by atoms with Gasteiger partial charge in [-0.2, -0.15) is 0 Å². The zero-order valence-corrected chi connectivity index (χ0v) is 13.0. The van der Waals surface area contributed by atoms with Crippen LogP contribution in [0.5, 0.6) is 5.75 Å². The number of rotatable bonds is 9. The van der Waals surface area contributed by atoms with Crippen molar-refractivity contribution >= 4 is 5.97 Å². The highest BCUT2D eigenvalue weighted by molar-refractivity contribution is 5.80. The minimum atomic E-state index is -0.765. The lowest BCUT2D eigenvalue weighted by atomic mass is 9.98. The number of nitrogens with one attached hydrogen (secondary N) is 1. The Morgan fingerprint density at radius 3 is 2.67 bits per heavy atom. The lowest BCUT2D eigenvalue weighted by Crippen LogP contribution is -2.51. The molecule has 0 amide bonds. The van der Waals surface area contributed by atoms with Gasteiger partial charge in [0.05, 0.1) is 19.8 Å². The molecule has 21 heavy (non-hydrogen) atoms. The largest absolute Gasteiger partial charge is 0.493 e. The predicted octanol–water partition coefficient (Wildman–Crippen LogP) is 1.88. The molecular weight excluding hydrogens is 270 g/mol. The summed E-state index contributed by atoms with van der Waals surface area (Å²) in [6.45, 7) is 6.86. The number of aliphatic hydroxyl groups excluding tert-OH is 1. The zero-order valence-electron chi connectivity index (χ0n) is 13.0. The third kappa shape index (κ3) is 5.02. The molecule has 1 unspecified atom stereocenters. The van der Waals surface area contributed by atoms with Crippen LogP contribution in [0.25, 0.3) is 0 Å². The van der Waals surface area contributed by atoms with E-state index in [4.69, 9.17) is 9.47 Å². The molecule has 1 aromatic rings. The van der Waals surface area contributed by atoms with E-state index in [-0.39, 0.29) is 12.6 Å². The third-order valence-corrected chi connectivity index (χ3v) is 3.30. The van der Waals surface area contributed by atoms with Crippen LogP contribution in [-0.2, 0) is 16.1 Å². The second kappa shape index (κ2) is 8.64. The molecule has 0 aliphatic heterocycles. The van der Waals surface area contributed by atoms with Crippen molar-refractivity contribution in [2.75, 3.05) is 19.8 Å². The molecule has 0 aromatic heterocycles. The Morgan fingerprint density at radius 1 is 1.33 bits per heavy atom. The van der Waals surface area contributed by atoms with Crippen LogP contribution in [0, 0.1) is 0 Å². The molecule has 0 aliphatic carbocycles. The lowest BCUT2D eigenvalue weighted by molar-refractivity contribution is -0.151. The average molecular weight is 295 g/mol. The minimum absolute atomic E-state index is 0.0709. The smallest absolute Gasteiger partial charge is 0.326 e. The number of likely N-dealkylation sites (N-methyl/N-ethyl adjacent to an activating group) is 1. The van der Waals surface area contributed by atoms with Gasteiger partial charge in [-0.1, -0.05) is 25.1 Å². The van der Waals surface area contributed by atoms with Crippen molar-refractivity contribution in [2.45, 2.75) is 39.3 Å². The predicted molar refractivity (Wildman–Crippen MR) is 81.2 cm³/mol. The molecule has 2 N–H and O–H groups in total. The number of esters is 1. The van der Waals surface area contributed by atoms with Gasteiger partial charge in [0, 0.05) is 12.0 Å². The Hall–Kier alpha value is -1.59. The molecule has 0 bridgehead atoms. The Bertz CT molecular complexity index is 450. The molecule has 118 valence electrons. The zero-order chi connectivity index (χ0) is 15.7. The normalized spacial score (nSPS) is 13.5. The Kier molecular flexibility index (Phi) is 7.19. The maximum Gasteiger partial charge on any atom is 0.326 e. The van der Waals surface area contributed by atoms with Crippen LogP contribution in [0.4, 0.5) is 0 Å². The van der Waals surface area contributed by atoms with Gasteiger partial charge >= 0.3 is 5.97 Å². The fraction of sp³-hybridized carbons (Fsp3) is 0.562. The summed E-state index contributed by atoms with van der Waals surface area (Å²) >= 11 is 0. The van der Waals surface area contributed by atoms with Gasteiger partial charge in [0.15, 0.2) is 0 Å². The fourth-order valence-electron chi connectivity index (χ4n) is 2.08. The molecule has 0 saturated heterocycles. The second-order valence-electron chi connectivity index (χ2n) is 4.95. The molecule has 0 fully saturated rings. The second-order valence-corrected chi connectivity index (χ2v) is 4.95. The molecule has 0 saturated carbocycles. The molecule has 5 heteroatoms. The number of aliphatic hydroxyl groups is 1. The van der Waals surface area contributed by atoms with E-state index in [0.717, 1.165) is 5.56 Å². The summed E-state index contributed by atoms with van der Waals surface area (Å²) in [4.78, 5) is 12.0. The first-order chi connectivity index (χ1) is 10.1. The van der Waals surface area contributed by atoms with Crippen LogP contribution in [0.2, 0.25) is 0 Å². The number of para-hydroxylation sites is 1. The van der Waals surface area contributed by atoms with E-state index in [1.54, 1.807) is 13.0 Å². The molecule has 5 nitrogen and oxygen atoms in total. The first-order valence-corrected chi connectivity index (χ1v) is 7.31. The number of benzene rings is 1. The molecule has 0 radical (unpaired) electrons. The van der Waals surface area contributed by atoms with Gasteiger partial charge in [-0.25, -0.2) is 0 Å². The van der Waals surface area contributed by atoms with Gasteiger partial charge in [-0.15, -0.1) is 0 Å². The Morgan fingerprint density at radius 2 is 2.05 bits per heavy atom. The number of hydrogen-bond donors (Lipinski definition) is 2. The molecule has 1 aromatic carbocycles. The van der Waals surface area contributed by atoms with Crippen molar-refractivity contribution in [1.82, 2.24) is 5.32 Å². The van der Waals surface area contributed by atoms with E-state index < -0.39 is 5.54 Å². The van der Waals surface area contributed by atoms with Gasteiger partial charge in [-0.05, 0) is 26.5 Å². The van der Waals surface area contributed by atoms with Crippen LogP contribution >= 0.6 is 0 Å². The first kappa shape index (κ1) is 17.5.